The molecule has 1 saturated heterocycles. The van der Waals surface area contributed by atoms with Crippen molar-refractivity contribution < 1.29 is 9.18 Å². The average molecular weight is 307 g/mol. The van der Waals surface area contributed by atoms with Crippen LogP contribution in [0.25, 0.3) is 0 Å². The van der Waals surface area contributed by atoms with Crippen LogP contribution in [0, 0.1) is 0 Å². The van der Waals surface area contributed by atoms with Crippen LogP contribution in [0.5, 0.6) is 0 Å². The van der Waals surface area contributed by atoms with E-state index < -0.39 is 6.17 Å². The van der Waals surface area contributed by atoms with E-state index in [0.29, 0.717) is 25.9 Å². The highest BCUT2D eigenvalue weighted by molar-refractivity contribution is 7.09. The van der Waals surface area contributed by atoms with Crippen LogP contribution in [0.4, 0.5) is 4.39 Å². The molecule has 0 saturated carbocycles. The maximum Gasteiger partial charge on any atom is 0.220 e. The SMILES string of the molecule is Cl.O=C(CCCc1cccs1)NC[C@@H]1C[C@H](F)CN1. The standard InChI is InChI=1S/C13H19FN2OS.ClH/c14-10-7-11(15-8-10)9-16-13(17)5-1-3-12-4-2-6-18-12;/h2,4,6,10-11,15H,1,3,5,7-9H2,(H,16,17);1H/t10-,11-;/m0./s1. The second-order valence-electron chi connectivity index (χ2n) is 4.68. The molecule has 0 unspecified atom stereocenters. The van der Waals surface area contributed by atoms with E-state index in [1.165, 1.54) is 4.88 Å². The van der Waals surface area contributed by atoms with Gasteiger partial charge in [0.25, 0.3) is 0 Å². The van der Waals surface area contributed by atoms with Crippen LogP contribution in [0.15, 0.2) is 17.5 Å². The lowest BCUT2D eigenvalue weighted by Crippen LogP contribution is -2.37. The molecule has 2 rings (SSSR count). The second kappa shape index (κ2) is 8.51. The van der Waals surface area contributed by atoms with Crippen molar-refractivity contribution in [1.29, 1.82) is 0 Å². The van der Waals surface area contributed by atoms with Crippen LogP contribution in [0.3, 0.4) is 0 Å². The summed E-state index contributed by atoms with van der Waals surface area (Å²) in [6, 6.07) is 4.22. The van der Waals surface area contributed by atoms with E-state index in [1.807, 2.05) is 6.07 Å². The van der Waals surface area contributed by atoms with E-state index in [0.717, 1.165) is 12.8 Å². The van der Waals surface area contributed by atoms with Crippen molar-refractivity contribution in [2.24, 2.45) is 0 Å². The quantitative estimate of drug-likeness (QED) is 0.847. The highest BCUT2D eigenvalue weighted by atomic mass is 35.5. The van der Waals surface area contributed by atoms with Crippen LogP contribution in [-0.4, -0.2) is 31.2 Å². The van der Waals surface area contributed by atoms with Crippen LogP contribution < -0.4 is 10.6 Å². The first-order valence-electron chi connectivity index (χ1n) is 6.40. The van der Waals surface area contributed by atoms with Crippen LogP contribution in [0.2, 0.25) is 0 Å². The summed E-state index contributed by atoms with van der Waals surface area (Å²) in [6.45, 7) is 0.956. The van der Waals surface area contributed by atoms with Crippen LogP contribution >= 0.6 is 23.7 Å². The molecule has 2 atom stereocenters. The number of aryl methyl sites for hydroxylation is 1. The minimum Gasteiger partial charge on any atom is -0.355 e. The van der Waals surface area contributed by atoms with Gasteiger partial charge in [-0.2, -0.15) is 0 Å². The van der Waals surface area contributed by atoms with E-state index in [1.54, 1.807) is 11.3 Å². The number of carbonyl (C=O) groups is 1. The van der Waals surface area contributed by atoms with Gasteiger partial charge in [0, 0.05) is 30.4 Å². The zero-order valence-corrected chi connectivity index (χ0v) is 12.4. The van der Waals surface area contributed by atoms with Gasteiger partial charge in [0.2, 0.25) is 5.91 Å². The zero-order valence-electron chi connectivity index (χ0n) is 10.7. The maximum atomic E-state index is 12.9. The molecule has 1 aromatic rings. The highest BCUT2D eigenvalue weighted by Gasteiger charge is 2.23. The molecule has 2 N–H and O–H groups in total. The number of carbonyl (C=O) groups excluding carboxylic acids is 1. The lowest BCUT2D eigenvalue weighted by molar-refractivity contribution is -0.121. The number of amides is 1. The molecule has 1 amide bonds. The lowest BCUT2D eigenvalue weighted by Gasteiger charge is -2.11. The van der Waals surface area contributed by atoms with Gasteiger partial charge in [0.05, 0.1) is 0 Å². The van der Waals surface area contributed by atoms with Crippen molar-refractivity contribution in [3.8, 4) is 0 Å². The number of halogens is 2. The Morgan fingerprint density at radius 2 is 2.42 bits per heavy atom. The number of hydrogen-bond donors (Lipinski definition) is 2. The topological polar surface area (TPSA) is 41.1 Å². The van der Waals surface area contributed by atoms with Gasteiger partial charge in [0.15, 0.2) is 0 Å². The van der Waals surface area contributed by atoms with Gasteiger partial charge in [-0.05, 0) is 30.7 Å². The van der Waals surface area contributed by atoms with Crippen molar-refractivity contribution in [3.63, 3.8) is 0 Å². The molecule has 0 aromatic carbocycles. The highest BCUT2D eigenvalue weighted by Crippen LogP contribution is 2.12. The summed E-state index contributed by atoms with van der Waals surface area (Å²) in [6.07, 6.45) is 2.12. The number of alkyl halides is 1. The van der Waals surface area contributed by atoms with E-state index in [9.17, 15) is 9.18 Å². The van der Waals surface area contributed by atoms with Gasteiger partial charge in [0.1, 0.15) is 6.17 Å². The summed E-state index contributed by atoms with van der Waals surface area (Å²) in [7, 11) is 0. The minimum atomic E-state index is -0.759. The van der Waals surface area contributed by atoms with Crippen LogP contribution in [-0.2, 0) is 11.2 Å². The number of rotatable bonds is 6. The van der Waals surface area contributed by atoms with E-state index in [2.05, 4.69) is 22.1 Å². The Morgan fingerprint density at radius 1 is 1.58 bits per heavy atom. The molecule has 0 aliphatic carbocycles. The third kappa shape index (κ3) is 5.89. The van der Waals surface area contributed by atoms with Gasteiger partial charge < -0.3 is 10.6 Å². The van der Waals surface area contributed by atoms with Crippen molar-refractivity contribution >= 4 is 29.7 Å². The summed E-state index contributed by atoms with van der Waals surface area (Å²) in [5.41, 5.74) is 0. The van der Waals surface area contributed by atoms with E-state index >= 15 is 0 Å². The Morgan fingerprint density at radius 3 is 3.05 bits per heavy atom. The zero-order chi connectivity index (χ0) is 12.8. The fourth-order valence-corrected chi connectivity index (χ4v) is 2.88. The molecule has 1 aliphatic rings. The summed E-state index contributed by atoms with van der Waals surface area (Å²) in [4.78, 5) is 12.9. The first-order chi connectivity index (χ1) is 8.74. The van der Waals surface area contributed by atoms with Gasteiger partial charge >= 0.3 is 0 Å². The van der Waals surface area contributed by atoms with E-state index in [4.69, 9.17) is 0 Å². The largest absolute Gasteiger partial charge is 0.355 e. The molecule has 3 nitrogen and oxygen atoms in total. The van der Waals surface area contributed by atoms with Gasteiger partial charge in [-0.15, -0.1) is 23.7 Å². The molecule has 1 aromatic heterocycles. The summed E-state index contributed by atoms with van der Waals surface area (Å²) >= 11 is 1.73. The number of nitrogens with one attached hydrogen (secondary N) is 2. The summed E-state index contributed by atoms with van der Waals surface area (Å²) < 4.78 is 12.9. The Kier molecular flexibility index (Phi) is 7.34. The Balaban J connectivity index is 0.00000180. The number of hydrogen-bond acceptors (Lipinski definition) is 3. The first-order valence-corrected chi connectivity index (χ1v) is 7.28. The molecule has 0 spiro atoms. The fraction of sp³-hybridized carbons (Fsp3) is 0.615. The molecule has 6 heteroatoms. The van der Waals surface area contributed by atoms with Gasteiger partial charge in [-0.25, -0.2) is 4.39 Å². The van der Waals surface area contributed by atoms with Gasteiger partial charge in [-0.3, -0.25) is 4.79 Å². The molecule has 0 radical (unpaired) electrons. The van der Waals surface area contributed by atoms with Crippen LogP contribution in [0.1, 0.15) is 24.1 Å². The predicted octanol–water partition coefficient (Wildman–Crippen LogP) is 2.31. The van der Waals surface area contributed by atoms with Crippen molar-refractivity contribution in [2.45, 2.75) is 37.9 Å². The lowest BCUT2D eigenvalue weighted by atomic mass is 10.2. The minimum absolute atomic E-state index is 0. The van der Waals surface area contributed by atoms with Crippen molar-refractivity contribution in [3.05, 3.63) is 22.4 Å². The normalized spacial score (nSPS) is 21.9. The molecule has 2 heterocycles. The Hall–Kier alpha value is -0.650. The third-order valence-electron chi connectivity index (χ3n) is 3.12. The van der Waals surface area contributed by atoms with Crippen molar-refractivity contribution in [2.75, 3.05) is 13.1 Å². The monoisotopic (exact) mass is 306 g/mol. The first kappa shape index (κ1) is 16.4. The third-order valence-corrected chi connectivity index (χ3v) is 4.06. The molecule has 19 heavy (non-hydrogen) atoms. The maximum absolute atomic E-state index is 12.9. The molecular weight excluding hydrogens is 287 g/mol. The fourth-order valence-electron chi connectivity index (χ4n) is 2.13. The van der Waals surface area contributed by atoms with Crippen molar-refractivity contribution in [1.82, 2.24) is 10.6 Å². The Bertz CT molecular complexity index is 375. The van der Waals surface area contributed by atoms with E-state index in [-0.39, 0.29) is 24.4 Å². The molecule has 1 aliphatic heterocycles. The van der Waals surface area contributed by atoms with Gasteiger partial charge in [-0.1, -0.05) is 6.07 Å². The molecule has 0 bridgehead atoms. The summed E-state index contributed by atoms with van der Waals surface area (Å²) in [5, 5.41) is 7.96. The average Bonchev–Trinajstić information content (AvgIpc) is 2.98. The smallest absolute Gasteiger partial charge is 0.220 e. The number of thiophene rings is 1. The molecule has 1 fully saturated rings. The predicted molar refractivity (Wildman–Crippen MR) is 78.8 cm³/mol. The molecule has 108 valence electrons. The Labute approximate surface area is 123 Å². The molecular formula is C13H20ClFN2OS. The summed E-state index contributed by atoms with van der Waals surface area (Å²) in [5.74, 6) is 0.0654. The second-order valence-corrected chi connectivity index (χ2v) is 5.71.